The number of aromatic nitrogens is 3. The van der Waals surface area contributed by atoms with Crippen LogP contribution in [0.15, 0.2) is 42.6 Å². The highest BCUT2D eigenvalue weighted by Gasteiger charge is 2.21. The number of hydrogen-bond donors (Lipinski definition) is 1. The molecule has 0 unspecified atom stereocenters. The lowest BCUT2D eigenvalue weighted by Crippen LogP contribution is -2.24. The third-order valence-corrected chi connectivity index (χ3v) is 4.67. The Morgan fingerprint density at radius 3 is 2.81 bits per heavy atom. The fourth-order valence-corrected chi connectivity index (χ4v) is 3.20. The molecular weight excluding hydrogens is 335 g/mol. The number of carbonyl (C=O) groups is 1. The highest BCUT2D eigenvalue weighted by molar-refractivity contribution is 5.94. The summed E-state index contributed by atoms with van der Waals surface area (Å²) in [6, 6.07) is 9.88. The average Bonchev–Trinajstić information content (AvgIpc) is 3.11. The van der Waals surface area contributed by atoms with Crippen molar-refractivity contribution in [2.45, 2.75) is 25.3 Å². The molecule has 1 amide bonds. The monoisotopic (exact) mass is 354 g/mol. The van der Waals surface area contributed by atoms with E-state index in [4.69, 9.17) is 4.74 Å². The van der Waals surface area contributed by atoms with Gasteiger partial charge in [-0.25, -0.2) is 4.39 Å². The van der Waals surface area contributed by atoms with Crippen molar-refractivity contribution in [2.75, 3.05) is 13.2 Å². The summed E-state index contributed by atoms with van der Waals surface area (Å²) >= 11 is 0. The zero-order valence-corrected chi connectivity index (χ0v) is 14.2. The number of hydrogen-bond acceptors (Lipinski definition) is 4. The Kier molecular flexibility index (Phi) is 4.62. The first-order chi connectivity index (χ1) is 12.7. The minimum atomic E-state index is -0.330. The zero-order valence-electron chi connectivity index (χ0n) is 14.2. The van der Waals surface area contributed by atoms with Gasteiger partial charge < -0.3 is 10.1 Å². The van der Waals surface area contributed by atoms with Crippen LogP contribution in [-0.2, 0) is 11.3 Å². The van der Waals surface area contributed by atoms with Gasteiger partial charge in [0, 0.05) is 37.4 Å². The molecule has 134 valence electrons. The number of fused-ring (bicyclic) bond motifs is 1. The standard InChI is InChI=1S/C19H19FN4O2/c20-16-4-2-1-3-14(16)11-21-19(25)15-5-6-17-22-23-18(24(17)12-15)13-7-9-26-10-8-13/h1-6,12-13H,7-11H2,(H,21,25). The van der Waals surface area contributed by atoms with Gasteiger partial charge in [0.25, 0.3) is 5.91 Å². The summed E-state index contributed by atoms with van der Waals surface area (Å²) < 4.78 is 21.0. The molecule has 2 aromatic heterocycles. The van der Waals surface area contributed by atoms with Crippen LogP contribution in [0.25, 0.3) is 5.65 Å². The maximum atomic E-state index is 13.7. The van der Waals surface area contributed by atoms with Gasteiger partial charge in [-0.1, -0.05) is 18.2 Å². The highest BCUT2D eigenvalue weighted by Crippen LogP contribution is 2.26. The number of rotatable bonds is 4. The Balaban J connectivity index is 1.54. The van der Waals surface area contributed by atoms with Gasteiger partial charge in [-0.3, -0.25) is 9.20 Å². The fraction of sp³-hybridized carbons (Fsp3) is 0.316. The number of nitrogens with zero attached hydrogens (tertiary/aromatic N) is 3. The molecule has 0 aliphatic carbocycles. The first kappa shape index (κ1) is 16.7. The van der Waals surface area contributed by atoms with Crippen molar-refractivity contribution in [2.24, 2.45) is 0 Å². The largest absolute Gasteiger partial charge is 0.381 e. The Morgan fingerprint density at radius 2 is 2.00 bits per heavy atom. The van der Waals surface area contributed by atoms with E-state index < -0.39 is 0 Å². The first-order valence-electron chi connectivity index (χ1n) is 8.66. The molecule has 6 nitrogen and oxygen atoms in total. The maximum absolute atomic E-state index is 13.7. The van der Waals surface area contributed by atoms with E-state index in [2.05, 4.69) is 15.5 Å². The fourth-order valence-electron chi connectivity index (χ4n) is 3.20. The first-order valence-corrected chi connectivity index (χ1v) is 8.66. The summed E-state index contributed by atoms with van der Waals surface area (Å²) in [6.07, 6.45) is 3.53. The molecule has 1 aromatic carbocycles. The Morgan fingerprint density at radius 1 is 1.19 bits per heavy atom. The molecule has 1 saturated heterocycles. The van der Waals surface area contributed by atoms with Crippen molar-refractivity contribution in [3.63, 3.8) is 0 Å². The molecule has 1 aliphatic heterocycles. The normalized spacial score (nSPS) is 15.3. The van der Waals surface area contributed by atoms with Crippen molar-refractivity contribution in [1.29, 1.82) is 0 Å². The summed E-state index contributed by atoms with van der Waals surface area (Å²) in [5.74, 6) is 0.535. The van der Waals surface area contributed by atoms with E-state index in [1.165, 1.54) is 6.07 Å². The van der Waals surface area contributed by atoms with Crippen molar-refractivity contribution in [3.8, 4) is 0 Å². The molecule has 1 aliphatic rings. The predicted octanol–water partition coefficient (Wildman–Crippen LogP) is 2.69. The molecule has 1 fully saturated rings. The lowest BCUT2D eigenvalue weighted by molar-refractivity contribution is 0.0833. The predicted molar refractivity (Wildman–Crippen MR) is 93.4 cm³/mol. The molecule has 7 heteroatoms. The molecule has 0 atom stereocenters. The Labute approximate surface area is 150 Å². The van der Waals surface area contributed by atoms with Gasteiger partial charge in [0.15, 0.2) is 5.65 Å². The van der Waals surface area contributed by atoms with Gasteiger partial charge in [0.2, 0.25) is 0 Å². The van der Waals surface area contributed by atoms with E-state index in [-0.39, 0.29) is 24.2 Å². The van der Waals surface area contributed by atoms with Crippen LogP contribution >= 0.6 is 0 Å². The molecule has 1 N–H and O–H groups in total. The van der Waals surface area contributed by atoms with Crippen molar-refractivity contribution < 1.29 is 13.9 Å². The molecule has 0 bridgehead atoms. The van der Waals surface area contributed by atoms with Crippen LogP contribution < -0.4 is 5.32 Å². The topological polar surface area (TPSA) is 68.5 Å². The van der Waals surface area contributed by atoms with Gasteiger partial charge in [-0.05, 0) is 31.0 Å². The van der Waals surface area contributed by atoms with E-state index in [1.54, 1.807) is 36.5 Å². The zero-order chi connectivity index (χ0) is 17.9. The molecule has 3 heterocycles. The summed E-state index contributed by atoms with van der Waals surface area (Å²) in [4.78, 5) is 12.5. The SMILES string of the molecule is O=C(NCc1ccccc1F)c1ccc2nnc(C3CCOCC3)n2c1. The molecular formula is C19H19FN4O2. The number of carbonyl (C=O) groups excluding carboxylic acids is 1. The van der Waals surface area contributed by atoms with Crippen molar-refractivity contribution >= 4 is 11.6 Å². The van der Waals surface area contributed by atoms with Crippen LogP contribution in [0.5, 0.6) is 0 Å². The molecule has 0 saturated carbocycles. The van der Waals surface area contributed by atoms with Crippen LogP contribution in [0, 0.1) is 5.82 Å². The minimum absolute atomic E-state index is 0.137. The minimum Gasteiger partial charge on any atom is -0.381 e. The van der Waals surface area contributed by atoms with Crippen LogP contribution in [-0.4, -0.2) is 33.7 Å². The summed E-state index contributed by atoms with van der Waals surface area (Å²) in [5.41, 5.74) is 1.65. The van der Waals surface area contributed by atoms with Crippen molar-refractivity contribution in [3.05, 3.63) is 65.4 Å². The number of halogens is 1. The van der Waals surface area contributed by atoms with E-state index in [9.17, 15) is 9.18 Å². The third kappa shape index (κ3) is 3.30. The Bertz CT molecular complexity index is 934. The second-order valence-electron chi connectivity index (χ2n) is 6.36. The lowest BCUT2D eigenvalue weighted by Gasteiger charge is -2.20. The number of amides is 1. The second-order valence-corrected chi connectivity index (χ2v) is 6.36. The smallest absolute Gasteiger partial charge is 0.253 e. The molecule has 3 aromatic rings. The van der Waals surface area contributed by atoms with Crippen LogP contribution in [0.4, 0.5) is 4.39 Å². The third-order valence-electron chi connectivity index (χ3n) is 4.67. The molecule has 26 heavy (non-hydrogen) atoms. The van der Waals surface area contributed by atoms with Gasteiger partial charge >= 0.3 is 0 Å². The highest BCUT2D eigenvalue weighted by atomic mass is 19.1. The summed E-state index contributed by atoms with van der Waals surface area (Å²) in [5, 5.41) is 11.2. The maximum Gasteiger partial charge on any atom is 0.253 e. The van der Waals surface area contributed by atoms with Gasteiger partial charge in [0.05, 0.1) is 5.56 Å². The Hall–Kier alpha value is -2.80. The van der Waals surface area contributed by atoms with Crippen LogP contribution in [0.3, 0.4) is 0 Å². The van der Waals surface area contributed by atoms with E-state index in [0.29, 0.717) is 30.0 Å². The van der Waals surface area contributed by atoms with Crippen LogP contribution in [0.1, 0.15) is 40.5 Å². The van der Waals surface area contributed by atoms with Gasteiger partial charge in [0.1, 0.15) is 11.6 Å². The summed E-state index contributed by atoms with van der Waals surface area (Å²) in [6.45, 7) is 1.56. The molecule has 4 rings (SSSR count). The number of ether oxygens (including phenoxy) is 1. The second kappa shape index (κ2) is 7.21. The van der Waals surface area contributed by atoms with Gasteiger partial charge in [-0.2, -0.15) is 0 Å². The number of pyridine rings is 1. The van der Waals surface area contributed by atoms with Gasteiger partial charge in [-0.15, -0.1) is 10.2 Å². The van der Waals surface area contributed by atoms with E-state index >= 15 is 0 Å². The average molecular weight is 354 g/mol. The molecule has 0 radical (unpaired) electrons. The number of nitrogens with one attached hydrogen (secondary N) is 1. The summed E-state index contributed by atoms with van der Waals surface area (Å²) in [7, 11) is 0. The lowest BCUT2D eigenvalue weighted by atomic mass is 9.99. The quantitative estimate of drug-likeness (QED) is 0.782. The molecule has 0 spiro atoms. The van der Waals surface area contributed by atoms with Crippen molar-refractivity contribution in [1.82, 2.24) is 19.9 Å². The van der Waals surface area contributed by atoms with E-state index in [1.807, 2.05) is 4.40 Å². The van der Waals surface area contributed by atoms with Crippen LogP contribution in [0.2, 0.25) is 0 Å². The number of benzene rings is 1. The van der Waals surface area contributed by atoms with E-state index in [0.717, 1.165) is 18.7 Å².